The Kier molecular flexibility index (Phi) is 8.33. The molecular weight excluding hydrogens is 390 g/mol. The monoisotopic (exact) mass is 423 g/mol. The number of nitrogens with zero attached hydrogens (tertiary/aromatic N) is 1. The number of amides is 2. The van der Waals surface area contributed by atoms with Crippen LogP contribution in [0.2, 0.25) is 0 Å². The van der Waals surface area contributed by atoms with Gasteiger partial charge in [0.2, 0.25) is 5.91 Å². The SMILES string of the molecule is CC(C)COc1ccc(NC(=O)CNc2cccc(C(=O)N3CCCCCC3)c2)cc1. The topological polar surface area (TPSA) is 70.7 Å². The van der Waals surface area contributed by atoms with Gasteiger partial charge >= 0.3 is 0 Å². The van der Waals surface area contributed by atoms with Crippen molar-refractivity contribution in [3.63, 3.8) is 0 Å². The molecule has 2 amide bonds. The average molecular weight is 424 g/mol. The molecule has 2 aromatic carbocycles. The van der Waals surface area contributed by atoms with Crippen LogP contribution in [0.15, 0.2) is 48.5 Å². The number of anilines is 2. The largest absolute Gasteiger partial charge is 0.493 e. The Morgan fingerprint density at radius 1 is 0.968 bits per heavy atom. The first-order valence-corrected chi connectivity index (χ1v) is 11.2. The highest BCUT2D eigenvalue weighted by atomic mass is 16.5. The predicted molar refractivity (Wildman–Crippen MR) is 125 cm³/mol. The summed E-state index contributed by atoms with van der Waals surface area (Å²) in [5, 5.41) is 5.98. The fraction of sp³-hybridized carbons (Fsp3) is 0.440. The zero-order valence-corrected chi connectivity index (χ0v) is 18.5. The summed E-state index contributed by atoms with van der Waals surface area (Å²) in [5.41, 5.74) is 2.13. The third-order valence-corrected chi connectivity index (χ3v) is 5.18. The number of nitrogens with one attached hydrogen (secondary N) is 2. The smallest absolute Gasteiger partial charge is 0.253 e. The van der Waals surface area contributed by atoms with E-state index in [0.717, 1.165) is 37.4 Å². The van der Waals surface area contributed by atoms with Gasteiger partial charge in [0, 0.05) is 30.0 Å². The van der Waals surface area contributed by atoms with Gasteiger partial charge in [0.05, 0.1) is 13.2 Å². The third-order valence-electron chi connectivity index (χ3n) is 5.18. The molecule has 0 spiro atoms. The van der Waals surface area contributed by atoms with Crippen LogP contribution < -0.4 is 15.4 Å². The number of benzene rings is 2. The van der Waals surface area contributed by atoms with E-state index < -0.39 is 0 Å². The van der Waals surface area contributed by atoms with Crippen LogP contribution in [0.5, 0.6) is 5.75 Å². The fourth-order valence-electron chi connectivity index (χ4n) is 3.50. The number of carbonyl (C=O) groups excluding carboxylic acids is 2. The Balaban J connectivity index is 1.50. The van der Waals surface area contributed by atoms with Crippen LogP contribution >= 0.6 is 0 Å². The molecule has 1 heterocycles. The molecule has 6 heteroatoms. The van der Waals surface area contributed by atoms with Gasteiger partial charge in [-0.15, -0.1) is 0 Å². The van der Waals surface area contributed by atoms with E-state index in [1.54, 1.807) is 0 Å². The fourth-order valence-corrected chi connectivity index (χ4v) is 3.50. The quantitative estimate of drug-likeness (QED) is 0.641. The van der Waals surface area contributed by atoms with E-state index in [9.17, 15) is 9.59 Å². The number of rotatable bonds is 8. The lowest BCUT2D eigenvalue weighted by atomic mass is 10.1. The highest BCUT2D eigenvalue weighted by molar-refractivity contribution is 5.96. The van der Waals surface area contributed by atoms with E-state index in [4.69, 9.17) is 4.74 Å². The molecule has 2 N–H and O–H groups in total. The summed E-state index contributed by atoms with van der Waals surface area (Å²) in [6.07, 6.45) is 4.51. The second-order valence-electron chi connectivity index (χ2n) is 8.42. The molecule has 0 saturated carbocycles. The van der Waals surface area contributed by atoms with E-state index in [0.29, 0.717) is 23.8 Å². The number of carbonyl (C=O) groups is 2. The van der Waals surface area contributed by atoms with Crippen molar-refractivity contribution in [3.05, 3.63) is 54.1 Å². The molecule has 0 atom stereocenters. The molecule has 2 aromatic rings. The van der Waals surface area contributed by atoms with Crippen molar-refractivity contribution >= 4 is 23.2 Å². The van der Waals surface area contributed by atoms with Crippen LogP contribution in [-0.2, 0) is 4.79 Å². The minimum atomic E-state index is -0.153. The maximum atomic E-state index is 12.8. The van der Waals surface area contributed by atoms with Gasteiger partial charge in [0.1, 0.15) is 5.75 Å². The molecule has 1 fully saturated rings. The van der Waals surface area contributed by atoms with Crippen molar-refractivity contribution in [2.45, 2.75) is 39.5 Å². The van der Waals surface area contributed by atoms with Crippen LogP contribution in [0.25, 0.3) is 0 Å². The van der Waals surface area contributed by atoms with Crippen LogP contribution in [0.3, 0.4) is 0 Å². The molecule has 31 heavy (non-hydrogen) atoms. The lowest BCUT2D eigenvalue weighted by Crippen LogP contribution is -2.31. The number of hydrogen-bond acceptors (Lipinski definition) is 4. The Morgan fingerprint density at radius 2 is 1.68 bits per heavy atom. The summed E-state index contributed by atoms with van der Waals surface area (Å²) < 4.78 is 5.66. The number of ether oxygens (including phenoxy) is 1. The number of hydrogen-bond donors (Lipinski definition) is 2. The Morgan fingerprint density at radius 3 is 2.35 bits per heavy atom. The molecule has 3 rings (SSSR count). The molecule has 0 bridgehead atoms. The normalized spacial score (nSPS) is 14.1. The predicted octanol–water partition coefficient (Wildman–Crippen LogP) is 4.79. The average Bonchev–Trinajstić information content (AvgIpc) is 3.06. The molecule has 0 aliphatic carbocycles. The summed E-state index contributed by atoms with van der Waals surface area (Å²) in [5.74, 6) is 1.16. The van der Waals surface area contributed by atoms with E-state index in [2.05, 4.69) is 24.5 Å². The molecule has 0 aromatic heterocycles. The van der Waals surface area contributed by atoms with Crippen LogP contribution in [0.1, 0.15) is 49.9 Å². The van der Waals surface area contributed by atoms with E-state index >= 15 is 0 Å². The molecule has 6 nitrogen and oxygen atoms in total. The summed E-state index contributed by atoms with van der Waals surface area (Å²) in [6.45, 7) is 6.62. The lowest BCUT2D eigenvalue weighted by Gasteiger charge is -2.20. The molecule has 1 aliphatic heterocycles. The van der Waals surface area contributed by atoms with Gasteiger partial charge in [-0.2, -0.15) is 0 Å². The highest BCUT2D eigenvalue weighted by Crippen LogP contribution is 2.18. The second kappa shape index (κ2) is 11.4. The van der Waals surface area contributed by atoms with Crippen LogP contribution in [0, 0.1) is 5.92 Å². The molecule has 166 valence electrons. The second-order valence-corrected chi connectivity index (χ2v) is 8.42. The molecule has 1 saturated heterocycles. The summed E-state index contributed by atoms with van der Waals surface area (Å²) in [4.78, 5) is 27.1. The van der Waals surface area contributed by atoms with Gasteiger partial charge in [0.15, 0.2) is 0 Å². The van der Waals surface area contributed by atoms with Crippen LogP contribution in [-0.4, -0.2) is 43.0 Å². The van der Waals surface area contributed by atoms with Crippen molar-refractivity contribution in [2.75, 3.05) is 36.9 Å². The summed E-state index contributed by atoms with van der Waals surface area (Å²) in [6, 6.07) is 14.7. The molecule has 1 aliphatic rings. The minimum absolute atomic E-state index is 0.0646. The van der Waals surface area contributed by atoms with Gasteiger partial charge in [-0.25, -0.2) is 0 Å². The zero-order chi connectivity index (χ0) is 22.1. The van der Waals surface area contributed by atoms with Gasteiger partial charge < -0.3 is 20.3 Å². The maximum Gasteiger partial charge on any atom is 0.253 e. The van der Waals surface area contributed by atoms with Gasteiger partial charge in [-0.3, -0.25) is 9.59 Å². The maximum absolute atomic E-state index is 12.8. The van der Waals surface area contributed by atoms with Crippen molar-refractivity contribution in [1.29, 1.82) is 0 Å². The van der Waals surface area contributed by atoms with Crippen molar-refractivity contribution in [1.82, 2.24) is 4.90 Å². The number of likely N-dealkylation sites (tertiary alicyclic amines) is 1. The molecule has 0 radical (unpaired) electrons. The van der Waals surface area contributed by atoms with Gasteiger partial charge in [0.25, 0.3) is 5.91 Å². The van der Waals surface area contributed by atoms with Crippen molar-refractivity contribution < 1.29 is 14.3 Å². The van der Waals surface area contributed by atoms with Crippen molar-refractivity contribution in [2.24, 2.45) is 5.92 Å². The van der Waals surface area contributed by atoms with Gasteiger partial charge in [-0.1, -0.05) is 32.8 Å². The Bertz CT molecular complexity index is 857. The molecule has 0 unspecified atom stereocenters. The van der Waals surface area contributed by atoms with E-state index in [1.807, 2.05) is 53.4 Å². The summed E-state index contributed by atoms with van der Waals surface area (Å²) >= 11 is 0. The first-order valence-electron chi connectivity index (χ1n) is 11.2. The standard InChI is InChI=1S/C25H33N3O3/c1-19(2)18-31-23-12-10-21(11-13-23)27-24(29)17-26-22-9-7-8-20(16-22)25(30)28-14-5-3-4-6-15-28/h7-13,16,19,26H,3-6,14-15,17-18H2,1-2H3,(H,27,29). The Labute approximate surface area is 185 Å². The summed E-state index contributed by atoms with van der Waals surface area (Å²) in [7, 11) is 0. The van der Waals surface area contributed by atoms with E-state index in [-0.39, 0.29) is 18.4 Å². The van der Waals surface area contributed by atoms with Crippen LogP contribution in [0.4, 0.5) is 11.4 Å². The zero-order valence-electron chi connectivity index (χ0n) is 18.5. The highest BCUT2D eigenvalue weighted by Gasteiger charge is 2.17. The Hall–Kier alpha value is -3.02. The lowest BCUT2D eigenvalue weighted by molar-refractivity contribution is -0.114. The minimum Gasteiger partial charge on any atom is -0.493 e. The molecular formula is C25H33N3O3. The van der Waals surface area contributed by atoms with Gasteiger partial charge in [-0.05, 0) is 61.2 Å². The first kappa shape index (κ1) is 22.7. The van der Waals surface area contributed by atoms with E-state index in [1.165, 1.54) is 12.8 Å². The third kappa shape index (κ3) is 7.31. The van der Waals surface area contributed by atoms with Crippen molar-refractivity contribution in [3.8, 4) is 5.75 Å². The first-order chi connectivity index (χ1) is 15.0.